The zero-order valence-corrected chi connectivity index (χ0v) is 17.0. The molecule has 1 unspecified atom stereocenters. The highest BCUT2D eigenvalue weighted by Gasteiger charge is 2.17. The fourth-order valence-electron chi connectivity index (χ4n) is 3.90. The third kappa shape index (κ3) is 5.99. The number of benzene rings is 1. The molecule has 0 saturated carbocycles. The van der Waals surface area contributed by atoms with Crippen molar-refractivity contribution >= 4 is 11.6 Å². The largest absolute Gasteiger partial charge is 0.364 e. The van der Waals surface area contributed by atoms with Gasteiger partial charge in [0.05, 0.1) is 0 Å². The molecule has 2 aliphatic rings. The van der Waals surface area contributed by atoms with Gasteiger partial charge in [0.15, 0.2) is 5.96 Å². The summed E-state index contributed by atoms with van der Waals surface area (Å²) in [4.78, 5) is 9.33. The number of hydrogen-bond donors (Lipinski definition) is 2. The Morgan fingerprint density at radius 2 is 1.89 bits per heavy atom. The fraction of sp³-hybridized carbons (Fsp3) is 0.591. The molecule has 2 aliphatic heterocycles. The molecule has 0 aliphatic carbocycles. The van der Waals surface area contributed by atoms with Gasteiger partial charge in [-0.05, 0) is 50.4 Å². The monoisotopic (exact) mass is 369 g/mol. The molecule has 148 valence electrons. The van der Waals surface area contributed by atoms with Crippen LogP contribution in [0.4, 0.5) is 5.69 Å². The van der Waals surface area contributed by atoms with E-state index < -0.39 is 0 Å². The van der Waals surface area contributed by atoms with Crippen molar-refractivity contribution in [2.24, 2.45) is 4.99 Å². The summed E-state index contributed by atoms with van der Waals surface area (Å²) in [7, 11) is 1.84. The molecule has 1 aromatic rings. The van der Waals surface area contributed by atoms with E-state index in [9.17, 15) is 0 Å². The molecule has 3 rings (SSSR count). The van der Waals surface area contributed by atoms with Gasteiger partial charge < -0.3 is 20.4 Å². The second-order valence-corrected chi connectivity index (χ2v) is 7.63. The van der Waals surface area contributed by atoms with Gasteiger partial charge in [-0.2, -0.15) is 0 Å². The molecule has 0 spiro atoms. The Bertz CT molecular complexity index is 614. The first-order chi connectivity index (χ1) is 13.3. The Labute approximate surface area is 164 Å². The van der Waals surface area contributed by atoms with Crippen molar-refractivity contribution in [3.8, 4) is 0 Å². The Morgan fingerprint density at radius 1 is 1.11 bits per heavy atom. The van der Waals surface area contributed by atoms with Crippen LogP contribution in [-0.2, 0) is 6.54 Å². The molecule has 0 aromatic heterocycles. The van der Waals surface area contributed by atoms with Gasteiger partial charge in [-0.15, -0.1) is 0 Å². The summed E-state index contributed by atoms with van der Waals surface area (Å²) in [5.74, 6) is 0.884. The molecule has 0 radical (unpaired) electrons. The number of guanidine groups is 1. The van der Waals surface area contributed by atoms with E-state index in [2.05, 4.69) is 68.8 Å². The number of anilines is 1. The summed E-state index contributed by atoms with van der Waals surface area (Å²) in [6.07, 6.45) is 9.69. The van der Waals surface area contributed by atoms with Crippen LogP contribution in [0.15, 0.2) is 41.4 Å². The summed E-state index contributed by atoms with van der Waals surface area (Å²) in [5.41, 5.74) is 2.56. The van der Waals surface area contributed by atoms with Gasteiger partial charge in [0.2, 0.25) is 0 Å². The molecule has 1 saturated heterocycles. The summed E-state index contributed by atoms with van der Waals surface area (Å²) < 4.78 is 0. The number of rotatable bonds is 7. The van der Waals surface area contributed by atoms with Gasteiger partial charge in [0, 0.05) is 51.5 Å². The van der Waals surface area contributed by atoms with Crippen LogP contribution in [0.3, 0.4) is 0 Å². The van der Waals surface area contributed by atoms with E-state index in [1.807, 2.05) is 7.05 Å². The van der Waals surface area contributed by atoms with Gasteiger partial charge in [0.25, 0.3) is 0 Å². The number of hydrogen-bond acceptors (Lipinski definition) is 3. The Kier molecular flexibility index (Phi) is 7.57. The SMILES string of the molecule is CN=C(NCCCN1CCCCC1C)NCc1ccc(N2CC=CC2)cc1. The summed E-state index contributed by atoms with van der Waals surface area (Å²) in [6.45, 7) is 8.59. The molecule has 0 bridgehead atoms. The smallest absolute Gasteiger partial charge is 0.191 e. The minimum atomic E-state index is 0.746. The minimum absolute atomic E-state index is 0.746. The molecule has 1 aromatic carbocycles. The molecule has 2 N–H and O–H groups in total. The minimum Gasteiger partial charge on any atom is -0.364 e. The van der Waals surface area contributed by atoms with Crippen molar-refractivity contribution in [1.82, 2.24) is 15.5 Å². The second-order valence-electron chi connectivity index (χ2n) is 7.63. The van der Waals surface area contributed by atoms with Crippen LogP contribution in [-0.4, -0.2) is 56.7 Å². The van der Waals surface area contributed by atoms with Crippen LogP contribution in [0.1, 0.15) is 38.2 Å². The predicted octanol–water partition coefficient (Wildman–Crippen LogP) is 2.99. The highest BCUT2D eigenvalue weighted by molar-refractivity contribution is 5.79. The molecule has 0 amide bonds. The standard InChI is InChI=1S/C22H35N5/c1-19-8-3-4-14-26(19)17-7-13-24-22(23-2)25-18-20-9-11-21(12-10-20)27-15-5-6-16-27/h5-6,9-12,19H,3-4,7-8,13-18H2,1-2H3,(H2,23,24,25). The second kappa shape index (κ2) is 10.4. The normalized spacial score (nSPS) is 20.9. The maximum Gasteiger partial charge on any atom is 0.191 e. The molecular weight excluding hydrogens is 334 g/mol. The maximum atomic E-state index is 4.35. The van der Waals surface area contributed by atoms with E-state index >= 15 is 0 Å². The topological polar surface area (TPSA) is 42.9 Å². The first-order valence-electron chi connectivity index (χ1n) is 10.4. The van der Waals surface area contributed by atoms with Crippen molar-refractivity contribution in [2.75, 3.05) is 44.7 Å². The van der Waals surface area contributed by atoms with Crippen molar-refractivity contribution in [3.05, 3.63) is 42.0 Å². The lowest BCUT2D eigenvalue weighted by Crippen LogP contribution is -2.41. The molecule has 5 nitrogen and oxygen atoms in total. The molecule has 2 heterocycles. The van der Waals surface area contributed by atoms with Crippen molar-refractivity contribution in [3.63, 3.8) is 0 Å². The number of nitrogens with one attached hydrogen (secondary N) is 2. The summed E-state index contributed by atoms with van der Waals surface area (Å²) in [6, 6.07) is 9.56. The zero-order chi connectivity index (χ0) is 18.9. The molecule has 1 atom stereocenters. The quantitative estimate of drug-likeness (QED) is 0.336. The first kappa shape index (κ1) is 19.7. The summed E-state index contributed by atoms with van der Waals surface area (Å²) in [5, 5.41) is 6.87. The first-order valence-corrected chi connectivity index (χ1v) is 10.4. The fourth-order valence-corrected chi connectivity index (χ4v) is 3.90. The highest BCUT2D eigenvalue weighted by Crippen LogP contribution is 2.18. The lowest BCUT2D eigenvalue weighted by atomic mass is 10.0. The van der Waals surface area contributed by atoms with E-state index in [1.165, 1.54) is 43.6 Å². The van der Waals surface area contributed by atoms with E-state index in [0.717, 1.165) is 44.6 Å². The summed E-state index contributed by atoms with van der Waals surface area (Å²) >= 11 is 0. The third-order valence-electron chi connectivity index (χ3n) is 5.66. The Hall–Kier alpha value is -2.01. The lowest BCUT2D eigenvalue weighted by Gasteiger charge is -2.33. The van der Waals surface area contributed by atoms with Gasteiger partial charge in [-0.25, -0.2) is 0 Å². The average molecular weight is 370 g/mol. The Balaban J connectivity index is 1.35. The molecule has 1 fully saturated rings. The average Bonchev–Trinajstić information content (AvgIpc) is 3.24. The van der Waals surface area contributed by atoms with Crippen molar-refractivity contribution in [1.29, 1.82) is 0 Å². The van der Waals surface area contributed by atoms with E-state index in [-0.39, 0.29) is 0 Å². The zero-order valence-electron chi connectivity index (χ0n) is 17.0. The maximum absolute atomic E-state index is 4.35. The van der Waals surface area contributed by atoms with E-state index in [0.29, 0.717) is 0 Å². The van der Waals surface area contributed by atoms with Crippen LogP contribution in [0, 0.1) is 0 Å². The number of nitrogens with zero attached hydrogens (tertiary/aromatic N) is 3. The van der Waals surface area contributed by atoms with Crippen LogP contribution < -0.4 is 15.5 Å². The predicted molar refractivity (Wildman–Crippen MR) is 115 cm³/mol. The van der Waals surface area contributed by atoms with Gasteiger partial charge in [-0.1, -0.05) is 30.7 Å². The van der Waals surface area contributed by atoms with Gasteiger partial charge in [0.1, 0.15) is 0 Å². The number of aliphatic imine (C=N–C) groups is 1. The lowest BCUT2D eigenvalue weighted by molar-refractivity contribution is 0.159. The number of piperidine rings is 1. The third-order valence-corrected chi connectivity index (χ3v) is 5.66. The van der Waals surface area contributed by atoms with Crippen LogP contribution in [0.25, 0.3) is 0 Å². The van der Waals surface area contributed by atoms with E-state index in [1.54, 1.807) is 0 Å². The molecular formula is C22H35N5. The van der Waals surface area contributed by atoms with Gasteiger partial charge >= 0.3 is 0 Å². The highest BCUT2D eigenvalue weighted by atomic mass is 15.2. The molecule has 5 heteroatoms. The van der Waals surface area contributed by atoms with Crippen LogP contribution in [0.2, 0.25) is 0 Å². The van der Waals surface area contributed by atoms with Crippen LogP contribution in [0.5, 0.6) is 0 Å². The van der Waals surface area contributed by atoms with Gasteiger partial charge in [-0.3, -0.25) is 4.99 Å². The molecule has 27 heavy (non-hydrogen) atoms. The van der Waals surface area contributed by atoms with Crippen LogP contribution >= 0.6 is 0 Å². The number of likely N-dealkylation sites (tertiary alicyclic amines) is 1. The van der Waals surface area contributed by atoms with Crippen molar-refractivity contribution < 1.29 is 0 Å². The Morgan fingerprint density at radius 3 is 2.59 bits per heavy atom. The van der Waals surface area contributed by atoms with Crippen molar-refractivity contribution in [2.45, 2.75) is 45.2 Å². The van der Waals surface area contributed by atoms with E-state index in [4.69, 9.17) is 0 Å².